The number of halogens is 3. The van der Waals surface area contributed by atoms with E-state index in [1.54, 1.807) is 23.1 Å². The summed E-state index contributed by atoms with van der Waals surface area (Å²) in [6.07, 6.45) is -2.91. The zero-order valence-electron chi connectivity index (χ0n) is 19.9. The molecule has 0 amide bonds. The standard InChI is InChI=1S/C21H25ClF2N8O4S/c1-35-15-4-2-3-14-16(15)25-18(17(23)24)32(14)21-27-19(26-20(28-21)30-9-11-36-12-10-30)29-5-7-31(8-6-29)37(33,34)13-22/h2-4,17H,5-13H2,1H3. The van der Waals surface area contributed by atoms with E-state index in [2.05, 4.69) is 19.9 Å². The van der Waals surface area contributed by atoms with E-state index in [0.717, 1.165) is 0 Å². The summed E-state index contributed by atoms with van der Waals surface area (Å²) in [5, 5.41) is -0.502. The molecular formula is C21H25ClF2N8O4S. The predicted octanol–water partition coefficient (Wildman–Crippen LogP) is 1.64. The summed E-state index contributed by atoms with van der Waals surface area (Å²) in [5.74, 6) is 0.358. The van der Waals surface area contributed by atoms with Gasteiger partial charge in [0.25, 0.3) is 6.43 Å². The average Bonchev–Trinajstić information content (AvgIpc) is 3.34. The second kappa shape index (κ2) is 10.5. The van der Waals surface area contributed by atoms with E-state index in [1.165, 1.54) is 16.0 Å². The van der Waals surface area contributed by atoms with Crippen LogP contribution in [0, 0.1) is 0 Å². The highest BCUT2D eigenvalue weighted by atomic mass is 35.5. The molecule has 0 atom stereocenters. The lowest BCUT2D eigenvalue weighted by molar-refractivity contribution is 0.122. The summed E-state index contributed by atoms with van der Waals surface area (Å²) in [4.78, 5) is 21.6. The second-order valence-electron chi connectivity index (χ2n) is 8.38. The number of piperazine rings is 1. The Balaban J connectivity index is 1.61. The Labute approximate surface area is 216 Å². The highest BCUT2D eigenvalue weighted by Crippen LogP contribution is 2.32. The summed E-state index contributed by atoms with van der Waals surface area (Å²) >= 11 is 5.60. The van der Waals surface area contributed by atoms with Crippen LogP contribution in [0.2, 0.25) is 0 Å². The maximum atomic E-state index is 14.2. The fourth-order valence-corrected chi connectivity index (χ4v) is 5.61. The number of para-hydroxylation sites is 1. The number of sulfonamides is 1. The normalized spacial score (nSPS) is 17.6. The van der Waals surface area contributed by atoms with E-state index < -0.39 is 27.5 Å². The van der Waals surface area contributed by atoms with Crippen molar-refractivity contribution in [2.75, 3.05) is 74.6 Å². The Morgan fingerprint density at radius 1 is 0.973 bits per heavy atom. The maximum absolute atomic E-state index is 14.2. The fraction of sp³-hybridized carbons (Fsp3) is 0.524. The van der Waals surface area contributed by atoms with Gasteiger partial charge in [-0.25, -0.2) is 22.2 Å². The monoisotopic (exact) mass is 558 g/mol. The summed E-state index contributed by atoms with van der Waals surface area (Å²) in [6.45, 7) is 2.95. The molecule has 4 heterocycles. The highest BCUT2D eigenvalue weighted by Gasteiger charge is 2.30. The third-order valence-corrected chi connectivity index (χ3v) is 8.49. The minimum Gasteiger partial charge on any atom is -0.494 e. The summed E-state index contributed by atoms with van der Waals surface area (Å²) in [6, 6.07) is 4.96. The van der Waals surface area contributed by atoms with Crippen LogP contribution in [-0.4, -0.2) is 102 Å². The minimum atomic E-state index is -3.55. The summed E-state index contributed by atoms with van der Waals surface area (Å²) in [5.41, 5.74) is 0.618. The predicted molar refractivity (Wildman–Crippen MR) is 132 cm³/mol. The fourth-order valence-electron chi connectivity index (χ4n) is 4.34. The maximum Gasteiger partial charge on any atom is 0.296 e. The number of methoxy groups -OCH3 is 1. The zero-order chi connectivity index (χ0) is 26.2. The molecule has 0 spiro atoms. The van der Waals surface area contributed by atoms with E-state index in [4.69, 9.17) is 21.1 Å². The van der Waals surface area contributed by atoms with E-state index in [0.29, 0.717) is 56.6 Å². The van der Waals surface area contributed by atoms with Gasteiger partial charge in [0.1, 0.15) is 16.5 Å². The largest absolute Gasteiger partial charge is 0.494 e. The Morgan fingerprint density at radius 3 is 2.19 bits per heavy atom. The van der Waals surface area contributed by atoms with Gasteiger partial charge in [0, 0.05) is 39.3 Å². The van der Waals surface area contributed by atoms with Gasteiger partial charge in [0.05, 0.1) is 25.8 Å². The number of imidazole rings is 1. The van der Waals surface area contributed by atoms with Crippen LogP contribution >= 0.6 is 11.6 Å². The average molecular weight is 559 g/mol. The number of nitrogens with zero attached hydrogens (tertiary/aromatic N) is 8. The number of aromatic nitrogens is 5. The molecule has 2 saturated heterocycles. The molecule has 200 valence electrons. The lowest BCUT2D eigenvalue weighted by atomic mass is 10.3. The van der Waals surface area contributed by atoms with Crippen LogP contribution in [0.4, 0.5) is 20.7 Å². The first-order chi connectivity index (χ1) is 17.8. The molecule has 2 aromatic heterocycles. The topological polar surface area (TPSA) is 119 Å². The molecule has 2 fully saturated rings. The van der Waals surface area contributed by atoms with Gasteiger partial charge < -0.3 is 19.3 Å². The molecule has 0 unspecified atom stereocenters. The first kappa shape index (κ1) is 25.8. The zero-order valence-corrected chi connectivity index (χ0v) is 21.5. The third-order valence-electron chi connectivity index (χ3n) is 6.24. The van der Waals surface area contributed by atoms with E-state index in [-0.39, 0.29) is 30.5 Å². The lowest BCUT2D eigenvalue weighted by Crippen LogP contribution is -2.49. The molecule has 0 bridgehead atoms. The molecule has 2 aliphatic rings. The Hall–Kier alpha value is -2.88. The number of anilines is 2. The second-order valence-corrected chi connectivity index (χ2v) is 10.9. The van der Waals surface area contributed by atoms with Gasteiger partial charge in [-0.3, -0.25) is 4.57 Å². The Bertz CT molecular complexity index is 1380. The summed E-state index contributed by atoms with van der Waals surface area (Å²) in [7, 11) is -2.11. The number of hydrogen-bond donors (Lipinski definition) is 0. The van der Waals surface area contributed by atoms with Crippen LogP contribution in [0.5, 0.6) is 5.75 Å². The highest BCUT2D eigenvalue weighted by molar-refractivity contribution is 7.90. The quantitative estimate of drug-likeness (QED) is 0.396. The van der Waals surface area contributed by atoms with E-state index in [1.807, 2.05) is 4.90 Å². The van der Waals surface area contributed by atoms with Gasteiger partial charge in [-0.1, -0.05) is 6.07 Å². The van der Waals surface area contributed by atoms with Crippen LogP contribution in [-0.2, 0) is 14.8 Å². The number of ether oxygens (including phenoxy) is 2. The number of fused-ring (bicyclic) bond motifs is 1. The van der Waals surface area contributed by atoms with E-state index in [9.17, 15) is 17.2 Å². The third kappa shape index (κ3) is 5.00. The molecule has 3 aromatic rings. The van der Waals surface area contributed by atoms with Crippen molar-refractivity contribution in [3.8, 4) is 11.7 Å². The number of alkyl halides is 3. The number of benzene rings is 1. The molecule has 0 radical (unpaired) electrons. The van der Waals surface area contributed by atoms with Gasteiger partial charge in [-0.05, 0) is 12.1 Å². The Kier molecular flexibility index (Phi) is 7.29. The molecular weight excluding hydrogens is 534 g/mol. The van der Waals surface area contributed by atoms with Crippen molar-refractivity contribution in [3.05, 3.63) is 24.0 Å². The van der Waals surface area contributed by atoms with Crippen LogP contribution in [0.25, 0.3) is 17.0 Å². The molecule has 0 aliphatic carbocycles. The van der Waals surface area contributed by atoms with Crippen molar-refractivity contribution >= 4 is 44.6 Å². The van der Waals surface area contributed by atoms with Crippen molar-refractivity contribution in [2.45, 2.75) is 6.43 Å². The van der Waals surface area contributed by atoms with Gasteiger partial charge in [-0.2, -0.15) is 19.3 Å². The van der Waals surface area contributed by atoms with Crippen molar-refractivity contribution < 1.29 is 26.7 Å². The summed E-state index contributed by atoms with van der Waals surface area (Å²) < 4.78 is 66.0. The number of morpholine rings is 1. The van der Waals surface area contributed by atoms with Crippen LogP contribution < -0.4 is 14.5 Å². The molecule has 0 saturated carbocycles. The first-order valence-electron chi connectivity index (χ1n) is 11.5. The first-order valence-corrected chi connectivity index (χ1v) is 13.7. The smallest absolute Gasteiger partial charge is 0.296 e. The molecule has 1 aromatic carbocycles. The molecule has 0 N–H and O–H groups in total. The SMILES string of the molecule is COc1cccc2c1nc(C(F)F)n2-c1nc(N2CCOCC2)nc(N2CCN(S(=O)(=O)CCl)CC2)n1. The molecule has 12 nitrogen and oxygen atoms in total. The van der Waals surface area contributed by atoms with Crippen molar-refractivity contribution in [1.82, 2.24) is 28.8 Å². The van der Waals surface area contributed by atoms with E-state index >= 15 is 0 Å². The van der Waals surface area contributed by atoms with Crippen molar-refractivity contribution in [1.29, 1.82) is 0 Å². The van der Waals surface area contributed by atoms with Crippen LogP contribution in [0.15, 0.2) is 18.2 Å². The number of hydrogen-bond acceptors (Lipinski definition) is 10. The van der Waals surface area contributed by atoms with Crippen LogP contribution in [0.1, 0.15) is 12.2 Å². The molecule has 2 aliphatic heterocycles. The lowest BCUT2D eigenvalue weighted by Gasteiger charge is -2.34. The van der Waals surface area contributed by atoms with Gasteiger partial charge in [0.2, 0.25) is 27.9 Å². The van der Waals surface area contributed by atoms with Gasteiger partial charge >= 0.3 is 0 Å². The molecule has 5 rings (SSSR count). The molecule has 37 heavy (non-hydrogen) atoms. The minimum absolute atomic E-state index is 0.0200. The Morgan fingerprint density at radius 2 is 1.59 bits per heavy atom. The van der Waals surface area contributed by atoms with Crippen LogP contribution in [0.3, 0.4) is 0 Å². The number of rotatable bonds is 7. The van der Waals surface area contributed by atoms with Crippen molar-refractivity contribution in [3.63, 3.8) is 0 Å². The van der Waals surface area contributed by atoms with Crippen molar-refractivity contribution in [2.24, 2.45) is 0 Å². The van der Waals surface area contributed by atoms with Gasteiger partial charge in [0.15, 0.2) is 5.82 Å². The molecule has 16 heteroatoms. The van der Waals surface area contributed by atoms with Gasteiger partial charge in [-0.15, -0.1) is 11.6 Å².